The number of carbonyl (C=O) groups excluding carboxylic acids is 1. The van der Waals surface area contributed by atoms with Crippen LogP contribution >= 0.6 is 0 Å². The molecule has 4 heterocycles. The molecule has 2 N–H and O–H groups in total. The van der Waals surface area contributed by atoms with Crippen molar-refractivity contribution < 1.29 is 9.21 Å². The van der Waals surface area contributed by atoms with Crippen LogP contribution in [-0.2, 0) is 0 Å². The van der Waals surface area contributed by atoms with Crippen molar-refractivity contribution in [2.75, 3.05) is 18.0 Å². The number of hydrogen-bond acceptors (Lipinski definition) is 6. The van der Waals surface area contributed by atoms with Crippen LogP contribution in [0.1, 0.15) is 22.7 Å². The van der Waals surface area contributed by atoms with Gasteiger partial charge in [0.1, 0.15) is 5.52 Å². The van der Waals surface area contributed by atoms with Crippen molar-refractivity contribution in [2.45, 2.75) is 19.4 Å². The minimum atomic E-state index is -0.117. The average Bonchev–Trinajstić information content (AvgIpc) is 3.47. The molecule has 8 nitrogen and oxygen atoms in total. The number of aromatic nitrogens is 4. The van der Waals surface area contributed by atoms with Crippen LogP contribution in [0, 0.1) is 6.92 Å². The number of anilines is 1. The molecule has 8 heteroatoms. The Morgan fingerprint density at radius 2 is 2.21 bits per heavy atom. The third-order valence-electron chi connectivity index (χ3n) is 5.08. The molecule has 1 unspecified atom stereocenters. The maximum absolute atomic E-state index is 12.7. The van der Waals surface area contributed by atoms with Gasteiger partial charge in [-0.1, -0.05) is 0 Å². The molecule has 0 spiro atoms. The molecule has 0 saturated carbocycles. The Morgan fingerprint density at radius 1 is 1.28 bits per heavy atom. The van der Waals surface area contributed by atoms with Crippen molar-refractivity contribution in [1.82, 2.24) is 25.3 Å². The molecule has 0 bridgehead atoms. The molecule has 1 aliphatic heterocycles. The smallest absolute Gasteiger partial charge is 0.251 e. The number of nitrogens with one attached hydrogen (secondary N) is 2. The zero-order valence-corrected chi connectivity index (χ0v) is 15.9. The molecule has 5 rings (SSSR count). The third-order valence-corrected chi connectivity index (χ3v) is 5.08. The number of nitrogens with zero attached hydrogens (tertiary/aromatic N) is 4. The van der Waals surface area contributed by atoms with Gasteiger partial charge in [0.25, 0.3) is 5.91 Å². The molecule has 146 valence electrons. The van der Waals surface area contributed by atoms with E-state index in [-0.39, 0.29) is 11.9 Å². The summed E-state index contributed by atoms with van der Waals surface area (Å²) in [5, 5.41) is 3.10. The normalized spacial score (nSPS) is 16.4. The number of oxazole rings is 1. The summed E-state index contributed by atoms with van der Waals surface area (Å²) in [6.07, 6.45) is 4.47. The van der Waals surface area contributed by atoms with Crippen molar-refractivity contribution in [2.24, 2.45) is 0 Å². The van der Waals surface area contributed by atoms with Gasteiger partial charge in [0, 0.05) is 44.0 Å². The van der Waals surface area contributed by atoms with Crippen LogP contribution in [0.25, 0.3) is 22.5 Å². The minimum absolute atomic E-state index is 0.0346. The molecule has 29 heavy (non-hydrogen) atoms. The van der Waals surface area contributed by atoms with E-state index in [1.165, 1.54) is 0 Å². The summed E-state index contributed by atoms with van der Waals surface area (Å²) >= 11 is 0. The van der Waals surface area contributed by atoms with Gasteiger partial charge in [-0.2, -0.15) is 0 Å². The van der Waals surface area contributed by atoms with E-state index in [0.717, 1.165) is 29.9 Å². The number of aryl methyl sites for hydroxylation is 1. The van der Waals surface area contributed by atoms with Crippen molar-refractivity contribution >= 4 is 23.0 Å². The molecule has 1 aliphatic rings. The van der Waals surface area contributed by atoms with Crippen LogP contribution < -0.4 is 10.2 Å². The molecule has 1 amide bonds. The molecule has 1 fully saturated rings. The number of fused-ring (bicyclic) bond motifs is 1. The minimum Gasteiger partial charge on any atom is -0.441 e. The van der Waals surface area contributed by atoms with E-state index in [1.807, 2.05) is 30.5 Å². The highest BCUT2D eigenvalue weighted by Gasteiger charge is 2.26. The van der Waals surface area contributed by atoms with Crippen LogP contribution in [0.15, 0.2) is 53.2 Å². The Hall–Kier alpha value is -3.68. The number of rotatable bonds is 4. The highest BCUT2D eigenvalue weighted by Crippen LogP contribution is 2.21. The van der Waals surface area contributed by atoms with E-state index in [4.69, 9.17) is 4.42 Å². The van der Waals surface area contributed by atoms with E-state index in [9.17, 15) is 4.79 Å². The van der Waals surface area contributed by atoms with E-state index in [1.54, 1.807) is 25.3 Å². The molecular formula is C21H20N6O2. The van der Waals surface area contributed by atoms with Gasteiger partial charge in [-0.05, 0) is 42.8 Å². The SMILES string of the molecule is Cc1nc2ccc(C(=O)NC3CCN(c4nccc(-c5ccc[nH]5)n4)C3)cc2o1. The highest BCUT2D eigenvalue weighted by atomic mass is 16.3. The van der Waals surface area contributed by atoms with Crippen LogP contribution in [0.4, 0.5) is 5.95 Å². The zero-order chi connectivity index (χ0) is 19.8. The second-order valence-electron chi connectivity index (χ2n) is 7.15. The predicted octanol–water partition coefficient (Wildman–Crippen LogP) is 2.93. The largest absolute Gasteiger partial charge is 0.441 e. The molecule has 3 aromatic heterocycles. The lowest BCUT2D eigenvalue weighted by Gasteiger charge is -2.17. The Morgan fingerprint density at radius 3 is 3.07 bits per heavy atom. The molecular weight excluding hydrogens is 368 g/mol. The van der Waals surface area contributed by atoms with Gasteiger partial charge in [-0.3, -0.25) is 4.79 Å². The number of H-pyrrole nitrogens is 1. The van der Waals surface area contributed by atoms with Gasteiger partial charge >= 0.3 is 0 Å². The lowest BCUT2D eigenvalue weighted by atomic mass is 10.1. The molecule has 1 saturated heterocycles. The molecule has 0 aliphatic carbocycles. The number of hydrogen-bond donors (Lipinski definition) is 2. The summed E-state index contributed by atoms with van der Waals surface area (Å²) in [5.74, 6) is 1.15. The van der Waals surface area contributed by atoms with E-state index >= 15 is 0 Å². The summed E-state index contributed by atoms with van der Waals surface area (Å²) in [5.41, 5.74) is 3.75. The summed E-state index contributed by atoms with van der Waals surface area (Å²) in [6.45, 7) is 3.25. The first-order chi connectivity index (χ1) is 14.2. The first kappa shape index (κ1) is 17.4. The molecule has 1 aromatic carbocycles. The quantitative estimate of drug-likeness (QED) is 0.558. The second-order valence-corrected chi connectivity index (χ2v) is 7.15. The molecule has 0 radical (unpaired) electrons. The van der Waals surface area contributed by atoms with E-state index < -0.39 is 0 Å². The van der Waals surface area contributed by atoms with Crippen LogP contribution in [0.2, 0.25) is 0 Å². The lowest BCUT2D eigenvalue weighted by Crippen LogP contribution is -2.37. The van der Waals surface area contributed by atoms with Crippen molar-refractivity contribution in [3.63, 3.8) is 0 Å². The summed E-state index contributed by atoms with van der Waals surface area (Å²) in [4.78, 5) is 31.3. The van der Waals surface area contributed by atoms with Gasteiger partial charge in [0.15, 0.2) is 11.5 Å². The third kappa shape index (κ3) is 3.44. The van der Waals surface area contributed by atoms with Crippen LogP contribution in [-0.4, -0.2) is 45.0 Å². The fraction of sp³-hybridized carbons (Fsp3) is 0.238. The Kier molecular flexibility index (Phi) is 4.23. The second kappa shape index (κ2) is 7.05. The van der Waals surface area contributed by atoms with Crippen molar-refractivity contribution in [3.05, 3.63) is 60.2 Å². The predicted molar refractivity (Wildman–Crippen MR) is 109 cm³/mol. The van der Waals surface area contributed by atoms with Crippen LogP contribution in [0.5, 0.6) is 0 Å². The number of aromatic amines is 1. The van der Waals surface area contributed by atoms with Crippen molar-refractivity contribution in [1.29, 1.82) is 0 Å². The van der Waals surface area contributed by atoms with E-state index in [2.05, 4.69) is 30.2 Å². The number of carbonyl (C=O) groups is 1. The topological polar surface area (TPSA) is 99.9 Å². The Balaban J connectivity index is 1.27. The summed E-state index contributed by atoms with van der Waals surface area (Å²) in [6, 6.07) is 11.2. The number of benzene rings is 1. The fourth-order valence-electron chi connectivity index (χ4n) is 3.65. The first-order valence-corrected chi connectivity index (χ1v) is 9.55. The van der Waals surface area contributed by atoms with E-state index in [0.29, 0.717) is 29.5 Å². The Labute approximate surface area is 167 Å². The van der Waals surface area contributed by atoms with Crippen LogP contribution in [0.3, 0.4) is 0 Å². The summed E-state index contributed by atoms with van der Waals surface area (Å²) in [7, 11) is 0. The van der Waals surface area contributed by atoms with Gasteiger partial charge in [0.05, 0.1) is 11.4 Å². The maximum atomic E-state index is 12.7. The van der Waals surface area contributed by atoms with Gasteiger partial charge < -0.3 is 19.6 Å². The maximum Gasteiger partial charge on any atom is 0.251 e. The first-order valence-electron chi connectivity index (χ1n) is 9.55. The molecule has 4 aromatic rings. The van der Waals surface area contributed by atoms with Crippen molar-refractivity contribution in [3.8, 4) is 11.4 Å². The highest BCUT2D eigenvalue weighted by molar-refractivity contribution is 5.97. The van der Waals surface area contributed by atoms with Gasteiger partial charge in [-0.15, -0.1) is 0 Å². The Bertz CT molecular complexity index is 1170. The number of amides is 1. The van der Waals surface area contributed by atoms with Gasteiger partial charge in [0.2, 0.25) is 5.95 Å². The summed E-state index contributed by atoms with van der Waals surface area (Å²) < 4.78 is 5.53. The zero-order valence-electron chi connectivity index (χ0n) is 15.9. The molecule has 1 atom stereocenters. The fourth-order valence-corrected chi connectivity index (χ4v) is 3.65. The van der Waals surface area contributed by atoms with Gasteiger partial charge in [-0.25, -0.2) is 15.0 Å². The lowest BCUT2D eigenvalue weighted by molar-refractivity contribution is 0.0940. The standard InChI is InChI=1S/C21H20N6O2/c1-13-24-18-5-4-14(11-19(18)29-13)20(28)25-15-7-10-27(12-15)21-23-9-6-17(26-21)16-3-2-8-22-16/h2-6,8-9,11,15,22H,7,10,12H2,1H3,(H,25,28). The monoisotopic (exact) mass is 388 g/mol. The average molecular weight is 388 g/mol.